The summed E-state index contributed by atoms with van der Waals surface area (Å²) in [5.74, 6) is 0.558. The van der Waals surface area contributed by atoms with Crippen LogP contribution in [0.5, 0.6) is 0 Å². The van der Waals surface area contributed by atoms with Crippen molar-refractivity contribution in [2.75, 3.05) is 7.05 Å². The average Bonchev–Trinajstić information content (AvgIpc) is 1.98. The molecule has 1 N–H and O–H groups in total. The van der Waals surface area contributed by atoms with E-state index in [1.165, 1.54) is 0 Å². The number of rotatable bonds is 5. The smallest absolute Gasteiger partial charge is 0.00599 e. The summed E-state index contributed by atoms with van der Waals surface area (Å²) in [6, 6.07) is 0. The first-order valence-electron chi connectivity index (χ1n) is 3.69. The first-order chi connectivity index (χ1) is 4.72. The third-order valence-electron chi connectivity index (χ3n) is 1.72. The highest BCUT2D eigenvalue weighted by atomic mass is 14.8. The van der Waals surface area contributed by atoms with Crippen molar-refractivity contribution in [3.8, 4) is 0 Å². The average molecular weight is 139 g/mol. The molecule has 1 unspecified atom stereocenters. The zero-order valence-electron chi connectivity index (χ0n) is 6.98. The van der Waals surface area contributed by atoms with Crippen LogP contribution in [0.1, 0.15) is 19.8 Å². The van der Waals surface area contributed by atoms with Gasteiger partial charge in [-0.1, -0.05) is 19.6 Å². The van der Waals surface area contributed by atoms with Crippen LogP contribution in [0.2, 0.25) is 0 Å². The molecule has 0 saturated carbocycles. The SMILES string of the molecule is C=CCCC(C)C(=C)NC. The van der Waals surface area contributed by atoms with E-state index in [0.29, 0.717) is 5.92 Å². The summed E-state index contributed by atoms with van der Waals surface area (Å²) in [7, 11) is 1.91. The van der Waals surface area contributed by atoms with Gasteiger partial charge in [0.2, 0.25) is 0 Å². The topological polar surface area (TPSA) is 12.0 Å². The predicted molar refractivity (Wildman–Crippen MR) is 46.8 cm³/mol. The molecule has 0 saturated heterocycles. The molecule has 1 atom stereocenters. The Kier molecular flexibility index (Phi) is 4.73. The van der Waals surface area contributed by atoms with E-state index in [0.717, 1.165) is 18.5 Å². The van der Waals surface area contributed by atoms with Crippen molar-refractivity contribution in [2.45, 2.75) is 19.8 Å². The van der Waals surface area contributed by atoms with Gasteiger partial charge >= 0.3 is 0 Å². The van der Waals surface area contributed by atoms with Gasteiger partial charge in [0.1, 0.15) is 0 Å². The Morgan fingerprint density at radius 3 is 2.70 bits per heavy atom. The zero-order valence-corrected chi connectivity index (χ0v) is 6.98. The molecule has 10 heavy (non-hydrogen) atoms. The van der Waals surface area contributed by atoms with Crippen molar-refractivity contribution in [3.05, 3.63) is 24.9 Å². The van der Waals surface area contributed by atoms with E-state index in [-0.39, 0.29) is 0 Å². The normalized spacial score (nSPS) is 12.2. The van der Waals surface area contributed by atoms with Crippen LogP contribution in [0.15, 0.2) is 24.9 Å². The molecule has 0 bridgehead atoms. The molecule has 58 valence electrons. The fraction of sp³-hybridized carbons (Fsp3) is 0.556. The monoisotopic (exact) mass is 139 g/mol. The summed E-state index contributed by atoms with van der Waals surface area (Å²) in [5.41, 5.74) is 1.11. The summed E-state index contributed by atoms with van der Waals surface area (Å²) in [6.07, 6.45) is 4.16. The fourth-order valence-corrected chi connectivity index (χ4v) is 0.788. The molecule has 0 amide bonds. The van der Waals surface area contributed by atoms with E-state index >= 15 is 0 Å². The van der Waals surface area contributed by atoms with Crippen molar-refractivity contribution < 1.29 is 0 Å². The molecule has 1 nitrogen and oxygen atoms in total. The maximum absolute atomic E-state index is 3.88. The van der Waals surface area contributed by atoms with Gasteiger partial charge in [0, 0.05) is 12.7 Å². The van der Waals surface area contributed by atoms with Gasteiger partial charge in [-0.05, 0) is 18.8 Å². The van der Waals surface area contributed by atoms with Crippen molar-refractivity contribution in [1.29, 1.82) is 0 Å². The quantitative estimate of drug-likeness (QED) is 0.576. The highest BCUT2D eigenvalue weighted by Gasteiger charge is 2.01. The lowest BCUT2D eigenvalue weighted by atomic mass is 10.0. The molecule has 0 spiro atoms. The van der Waals surface area contributed by atoms with Gasteiger partial charge in [-0.25, -0.2) is 0 Å². The van der Waals surface area contributed by atoms with Crippen LogP contribution in [0.4, 0.5) is 0 Å². The van der Waals surface area contributed by atoms with Crippen LogP contribution in [0, 0.1) is 5.92 Å². The summed E-state index contributed by atoms with van der Waals surface area (Å²) in [4.78, 5) is 0. The first kappa shape index (κ1) is 9.28. The second-order valence-electron chi connectivity index (χ2n) is 2.54. The zero-order chi connectivity index (χ0) is 7.98. The van der Waals surface area contributed by atoms with Gasteiger partial charge in [0.15, 0.2) is 0 Å². The first-order valence-corrected chi connectivity index (χ1v) is 3.69. The molecule has 0 aliphatic rings. The third-order valence-corrected chi connectivity index (χ3v) is 1.72. The standard InChI is InChI=1S/C9H17N/c1-5-6-7-8(2)9(3)10-4/h5,8,10H,1,3,6-7H2,2,4H3. The molecule has 0 aromatic carbocycles. The van der Waals surface area contributed by atoms with Crippen molar-refractivity contribution in [1.82, 2.24) is 5.32 Å². The van der Waals surface area contributed by atoms with E-state index < -0.39 is 0 Å². The van der Waals surface area contributed by atoms with Crippen LogP contribution < -0.4 is 5.32 Å². The largest absolute Gasteiger partial charge is 0.392 e. The van der Waals surface area contributed by atoms with Crippen LogP contribution in [0.25, 0.3) is 0 Å². The Bertz CT molecular complexity index is 116. The van der Waals surface area contributed by atoms with E-state index in [1.807, 2.05) is 13.1 Å². The second-order valence-corrected chi connectivity index (χ2v) is 2.54. The Labute approximate surface area is 63.8 Å². The minimum absolute atomic E-state index is 0.558. The van der Waals surface area contributed by atoms with Gasteiger partial charge in [-0.2, -0.15) is 0 Å². The fourth-order valence-electron chi connectivity index (χ4n) is 0.788. The molecule has 0 radical (unpaired) electrons. The van der Waals surface area contributed by atoms with Crippen molar-refractivity contribution in [2.24, 2.45) is 5.92 Å². The number of allylic oxidation sites excluding steroid dienone is 2. The highest BCUT2D eigenvalue weighted by molar-refractivity contribution is 4.95. The lowest BCUT2D eigenvalue weighted by molar-refractivity contribution is 0.589. The van der Waals surface area contributed by atoms with Crippen LogP contribution in [-0.2, 0) is 0 Å². The molecule has 0 heterocycles. The molecular weight excluding hydrogens is 122 g/mol. The summed E-state index contributed by atoms with van der Waals surface area (Å²) in [6.45, 7) is 9.72. The second kappa shape index (κ2) is 5.10. The maximum atomic E-state index is 3.88. The lowest BCUT2D eigenvalue weighted by Gasteiger charge is -2.12. The van der Waals surface area contributed by atoms with Gasteiger partial charge in [0.25, 0.3) is 0 Å². The van der Waals surface area contributed by atoms with E-state index in [1.54, 1.807) is 0 Å². The summed E-state index contributed by atoms with van der Waals surface area (Å²) in [5, 5.41) is 3.04. The van der Waals surface area contributed by atoms with Crippen molar-refractivity contribution in [3.63, 3.8) is 0 Å². The van der Waals surface area contributed by atoms with Crippen LogP contribution in [0.3, 0.4) is 0 Å². The molecule has 0 aliphatic carbocycles. The minimum atomic E-state index is 0.558. The van der Waals surface area contributed by atoms with E-state index in [4.69, 9.17) is 0 Å². The van der Waals surface area contributed by atoms with Gasteiger partial charge in [-0.15, -0.1) is 6.58 Å². The van der Waals surface area contributed by atoms with Crippen molar-refractivity contribution >= 4 is 0 Å². The number of nitrogens with one attached hydrogen (secondary N) is 1. The van der Waals surface area contributed by atoms with Crippen LogP contribution in [-0.4, -0.2) is 7.05 Å². The van der Waals surface area contributed by atoms with Gasteiger partial charge < -0.3 is 5.32 Å². The van der Waals surface area contributed by atoms with E-state index in [2.05, 4.69) is 25.4 Å². The number of hydrogen-bond donors (Lipinski definition) is 1. The Morgan fingerprint density at radius 1 is 1.70 bits per heavy atom. The summed E-state index contributed by atoms with van der Waals surface area (Å²) >= 11 is 0. The third kappa shape index (κ3) is 3.33. The summed E-state index contributed by atoms with van der Waals surface area (Å²) < 4.78 is 0. The Morgan fingerprint density at radius 2 is 2.30 bits per heavy atom. The lowest BCUT2D eigenvalue weighted by Crippen LogP contribution is -2.12. The van der Waals surface area contributed by atoms with Crippen LogP contribution >= 0.6 is 0 Å². The molecule has 0 fully saturated rings. The molecule has 0 aromatic heterocycles. The molecule has 0 rings (SSSR count). The molecular formula is C9H17N. The molecule has 0 aliphatic heterocycles. The van der Waals surface area contributed by atoms with Gasteiger partial charge in [-0.3, -0.25) is 0 Å². The Balaban J connectivity index is 3.50. The highest BCUT2D eigenvalue weighted by Crippen LogP contribution is 2.11. The minimum Gasteiger partial charge on any atom is -0.392 e. The molecule has 1 heteroatoms. The van der Waals surface area contributed by atoms with E-state index in [9.17, 15) is 0 Å². The van der Waals surface area contributed by atoms with Gasteiger partial charge in [0.05, 0.1) is 0 Å². The molecule has 0 aromatic rings. The number of hydrogen-bond acceptors (Lipinski definition) is 1. The predicted octanol–water partition coefficient (Wildman–Crippen LogP) is 2.32. The Hall–Kier alpha value is -0.720. The maximum Gasteiger partial charge on any atom is 0.00599 e.